The van der Waals surface area contributed by atoms with Gasteiger partial charge in [0.15, 0.2) is 0 Å². The highest BCUT2D eigenvalue weighted by Gasteiger charge is 2.25. The quantitative estimate of drug-likeness (QED) is 0.395. The Balaban J connectivity index is 1.43. The molecule has 3 aromatic heterocycles. The van der Waals surface area contributed by atoms with E-state index in [0.717, 1.165) is 56.8 Å². The summed E-state index contributed by atoms with van der Waals surface area (Å²) in [7, 11) is 0. The Morgan fingerprint density at radius 1 is 0.938 bits per heavy atom. The molecule has 0 amide bonds. The molecule has 8 heteroatoms. The predicted molar refractivity (Wildman–Crippen MR) is 122 cm³/mol. The van der Waals surface area contributed by atoms with Crippen molar-refractivity contribution in [3.8, 4) is 22.4 Å². The molecule has 0 fully saturated rings. The van der Waals surface area contributed by atoms with Crippen LogP contribution in [0.15, 0.2) is 67.4 Å². The first-order valence-corrected chi connectivity index (χ1v) is 10.5. The Kier molecular flexibility index (Phi) is 4.36. The summed E-state index contributed by atoms with van der Waals surface area (Å²) in [6, 6.07) is 13.3. The maximum atomic E-state index is 13.9. The molecular weight excluding hydrogens is 427 g/mol. The van der Waals surface area contributed by atoms with Crippen LogP contribution < -0.4 is 4.90 Å². The molecule has 0 radical (unpaired) electrons. The van der Waals surface area contributed by atoms with Gasteiger partial charge in [0.05, 0.1) is 22.4 Å². The van der Waals surface area contributed by atoms with E-state index >= 15 is 0 Å². The van der Waals surface area contributed by atoms with Gasteiger partial charge in [-0.3, -0.25) is 10.1 Å². The number of hydrogen-bond donors (Lipinski definition) is 1. The molecule has 1 aliphatic heterocycles. The molecule has 0 saturated heterocycles. The van der Waals surface area contributed by atoms with E-state index in [4.69, 9.17) is 11.6 Å². The van der Waals surface area contributed by atoms with Crippen molar-refractivity contribution in [3.05, 3.63) is 83.8 Å². The highest BCUT2D eigenvalue weighted by Crippen LogP contribution is 2.39. The molecule has 6 nitrogen and oxygen atoms in total. The second kappa shape index (κ2) is 7.39. The fourth-order valence-corrected chi connectivity index (χ4v) is 4.32. The monoisotopic (exact) mass is 442 g/mol. The van der Waals surface area contributed by atoms with Crippen LogP contribution in [0.1, 0.15) is 5.56 Å². The summed E-state index contributed by atoms with van der Waals surface area (Å²) >= 11 is 6.07. The maximum absolute atomic E-state index is 13.9. The van der Waals surface area contributed by atoms with Crippen LogP contribution in [0.4, 0.5) is 15.9 Å². The molecule has 32 heavy (non-hydrogen) atoms. The summed E-state index contributed by atoms with van der Waals surface area (Å²) in [6.45, 7) is 0.701. The van der Waals surface area contributed by atoms with E-state index in [9.17, 15) is 4.39 Å². The molecule has 1 N–H and O–H groups in total. The lowest BCUT2D eigenvalue weighted by atomic mass is 10.0. The van der Waals surface area contributed by atoms with E-state index < -0.39 is 5.82 Å². The van der Waals surface area contributed by atoms with Crippen LogP contribution in [0.2, 0.25) is 5.02 Å². The number of aromatic amines is 1. The van der Waals surface area contributed by atoms with Gasteiger partial charge in [-0.15, -0.1) is 0 Å². The number of hydrogen-bond acceptors (Lipinski definition) is 5. The molecule has 0 unspecified atom stereocenters. The van der Waals surface area contributed by atoms with E-state index in [1.165, 1.54) is 6.07 Å². The van der Waals surface area contributed by atoms with Crippen LogP contribution in [0.25, 0.3) is 33.3 Å². The zero-order valence-corrected chi connectivity index (χ0v) is 17.5. The van der Waals surface area contributed by atoms with E-state index in [1.807, 2.05) is 36.7 Å². The summed E-state index contributed by atoms with van der Waals surface area (Å²) in [4.78, 5) is 15.7. The molecule has 4 heterocycles. The lowest BCUT2D eigenvalue weighted by molar-refractivity contribution is 0.627. The van der Waals surface area contributed by atoms with Gasteiger partial charge in [0.2, 0.25) is 0 Å². The maximum Gasteiger partial charge on any atom is 0.144 e. The van der Waals surface area contributed by atoms with Gasteiger partial charge in [-0.25, -0.2) is 14.4 Å². The van der Waals surface area contributed by atoms with Gasteiger partial charge in [-0.1, -0.05) is 23.7 Å². The number of H-pyrrole nitrogens is 1. The highest BCUT2D eigenvalue weighted by atomic mass is 35.5. The highest BCUT2D eigenvalue weighted by molar-refractivity contribution is 6.31. The first-order chi connectivity index (χ1) is 15.7. The average molecular weight is 443 g/mol. The molecule has 0 bridgehead atoms. The number of nitrogens with zero attached hydrogens (tertiary/aromatic N) is 5. The molecule has 6 rings (SSSR count). The van der Waals surface area contributed by atoms with Crippen molar-refractivity contribution in [2.75, 3.05) is 11.4 Å². The fraction of sp³-hybridized carbons (Fsp3) is 0.0833. The minimum Gasteiger partial charge on any atom is -0.325 e. The van der Waals surface area contributed by atoms with Crippen LogP contribution in [0.5, 0.6) is 0 Å². The first kappa shape index (κ1) is 18.9. The zero-order chi connectivity index (χ0) is 21.7. The topological polar surface area (TPSA) is 70.6 Å². The Morgan fingerprint density at radius 3 is 2.66 bits per heavy atom. The first-order valence-electron chi connectivity index (χ1n) is 10.1. The molecule has 2 aromatic carbocycles. The Bertz CT molecular complexity index is 1450. The Hall–Kier alpha value is -3.84. The fourth-order valence-electron chi connectivity index (χ4n) is 4.17. The van der Waals surface area contributed by atoms with Gasteiger partial charge in [0, 0.05) is 41.1 Å². The third kappa shape index (κ3) is 3.09. The van der Waals surface area contributed by atoms with E-state index in [1.54, 1.807) is 18.6 Å². The normalized spacial score (nSPS) is 13.0. The zero-order valence-electron chi connectivity index (χ0n) is 16.8. The van der Waals surface area contributed by atoms with Crippen LogP contribution in [-0.2, 0) is 6.42 Å². The van der Waals surface area contributed by atoms with Gasteiger partial charge in [-0.2, -0.15) is 5.10 Å². The summed E-state index contributed by atoms with van der Waals surface area (Å²) in [5.74, 6) is 0.384. The number of halogens is 2. The summed E-state index contributed by atoms with van der Waals surface area (Å²) in [6.07, 6.45) is 7.69. The number of anilines is 2. The average Bonchev–Trinajstić information content (AvgIpc) is 3.49. The van der Waals surface area contributed by atoms with Gasteiger partial charge >= 0.3 is 0 Å². The van der Waals surface area contributed by atoms with Crippen molar-refractivity contribution in [3.63, 3.8) is 0 Å². The van der Waals surface area contributed by atoms with Crippen molar-refractivity contribution in [2.24, 2.45) is 0 Å². The minimum atomic E-state index is -0.395. The van der Waals surface area contributed by atoms with Gasteiger partial charge < -0.3 is 4.90 Å². The Morgan fingerprint density at radius 2 is 1.84 bits per heavy atom. The summed E-state index contributed by atoms with van der Waals surface area (Å²) in [5, 5.41) is 7.80. The second-order valence-corrected chi connectivity index (χ2v) is 8.05. The van der Waals surface area contributed by atoms with Gasteiger partial charge in [0.25, 0.3) is 0 Å². The minimum absolute atomic E-state index is 0.110. The smallest absolute Gasteiger partial charge is 0.144 e. The second-order valence-electron chi connectivity index (χ2n) is 7.64. The van der Waals surface area contributed by atoms with Crippen molar-refractivity contribution >= 4 is 34.0 Å². The number of aromatic nitrogens is 5. The van der Waals surface area contributed by atoms with Crippen molar-refractivity contribution in [1.29, 1.82) is 0 Å². The number of rotatable bonds is 3. The van der Waals surface area contributed by atoms with Crippen LogP contribution in [-0.4, -0.2) is 31.7 Å². The lowest BCUT2D eigenvalue weighted by Gasteiger charge is -2.20. The largest absolute Gasteiger partial charge is 0.325 e. The number of fused-ring (bicyclic) bond motifs is 2. The van der Waals surface area contributed by atoms with Crippen molar-refractivity contribution in [1.82, 2.24) is 25.1 Å². The lowest BCUT2D eigenvalue weighted by Crippen LogP contribution is -2.15. The third-order valence-electron chi connectivity index (χ3n) is 5.78. The third-order valence-corrected chi connectivity index (χ3v) is 6.07. The number of nitrogens with one attached hydrogen (secondary N) is 1. The Labute approximate surface area is 187 Å². The van der Waals surface area contributed by atoms with Crippen molar-refractivity contribution in [2.45, 2.75) is 6.42 Å². The predicted octanol–water partition coefficient (Wildman–Crippen LogP) is 5.57. The number of pyridine rings is 1. The van der Waals surface area contributed by atoms with Crippen molar-refractivity contribution < 1.29 is 4.39 Å². The number of benzene rings is 2. The summed E-state index contributed by atoms with van der Waals surface area (Å²) in [5.41, 5.74) is 6.43. The molecule has 156 valence electrons. The van der Waals surface area contributed by atoms with E-state index in [-0.39, 0.29) is 5.02 Å². The van der Waals surface area contributed by atoms with Crippen LogP contribution in [0.3, 0.4) is 0 Å². The van der Waals surface area contributed by atoms with E-state index in [2.05, 4.69) is 36.1 Å². The molecule has 1 aliphatic rings. The molecule has 0 aliphatic carbocycles. The molecule has 5 aromatic rings. The summed E-state index contributed by atoms with van der Waals surface area (Å²) < 4.78 is 13.9. The molecule has 0 spiro atoms. The van der Waals surface area contributed by atoms with Crippen LogP contribution in [0, 0.1) is 5.82 Å². The van der Waals surface area contributed by atoms with E-state index in [0.29, 0.717) is 6.54 Å². The standard InChI is InChI=1S/C24H16ClFN6/c25-19-9-23-15(8-20(19)26)5-6-32(23)24-18-7-14(1-4-22(18)28-13-29-24)16-2-3-21(27-10-16)17-11-30-31-12-17/h1-4,7-13H,5-6H2,(H,30,31). The van der Waals surface area contributed by atoms with Gasteiger partial charge in [-0.05, 0) is 47.9 Å². The SMILES string of the molecule is Fc1cc2c(cc1Cl)N(c1ncnc3ccc(-c4ccc(-c5cn[nH]c5)nc4)cc13)CC2. The molecular formula is C24H16ClFN6. The molecule has 0 atom stereocenters. The van der Waals surface area contributed by atoms with Crippen LogP contribution >= 0.6 is 11.6 Å². The van der Waals surface area contributed by atoms with Gasteiger partial charge in [0.1, 0.15) is 18.0 Å². The molecule has 0 saturated carbocycles.